The second kappa shape index (κ2) is 17.9. The topological polar surface area (TPSA) is 155 Å². The van der Waals surface area contributed by atoms with E-state index in [1.165, 1.54) is 12.1 Å². The normalized spacial score (nSPS) is 17.4. The van der Waals surface area contributed by atoms with E-state index in [4.69, 9.17) is 13.9 Å². The SMILES string of the molecule is CN(CCCn1c(=O)oc2cc(CNC[C@@H](O)c3ccc(O)c(NC=O)c3)ccc21)C1CCC(OC(=O)C2(C)c3ccccc3Oc3ccccc32)CC1.F.F. The van der Waals surface area contributed by atoms with Gasteiger partial charge in [-0.15, -0.1) is 0 Å². The number of anilines is 1. The van der Waals surface area contributed by atoms with Crippen LogP contribution in [0.15, 0.2) is 94.1 Å². The molecule has 12 nitrogen and oxygen atoms in total. The van der Waals surface area contributed by atoms with Gasteiger partial charge in [-0.1, -0.05) is 48.5 Å². The Balaban J connectivity index is 0.00000300. The third-order valence-corrected chi connectivity index (χ3v) is 10.9. The number of amides is 1. The first-order valence-electron chi connectivity index (χ1n) is 18.5. The number of carbonyl (C=O) groups excluding carboxylic acids is 2. The summed E-state index contributed by atoms with van der Waals surface area (Å²) in [5, 5.41) is 26.1. The molecule has 0 unspecified atom stereocenters. The number of aliphatic hydroxyl groups excluding tert-OH is 1. The summed E-state index contributed by atoms with van der Waals surface area (Å²) in [6.45, 7) is 3.92. The summed E-state index contributed by atoms with van der Waals surface area (Å²) in [4.78, 5) is 39.9. The Morgan fingerprint density at radius 1 is 1.00 bits per heavy atom. The molecule has 0 bridgehead atoms. The van der Waals surface area contributed by atoms with Crippen molar-refractivity contribution in [3.05, 3.63) is 118 Å². The van der Waals surface area contributed by atoms with E-state index >= 15 is 0 Å². The minimum atomic E-state index is -0.964. The van der Waals surface area contributed by atoms with Crippen molar-refractivity contribution in [1.82, 2.24) is 14.8 Å². The van der Waals surface area contributed by atoms with Crippen molar-refractivity contribution in [3.63, 3.8) is 0 Å². The van der Waals surface area contributed by atoms with Crippen molar-refractivity contribution < 1.29 is 43.1 Å². The van der Waals surface area contributed by atoms with Crippen LogP contribution in [0, 0.1) is 0 Å². The zero-order valence-electron chi connectivity index (χ0n) is 31.3. The summed E-state index contributed by atoms with van der Waals surface area (Å²) >= 11 is 0. The number of ether oxygens (including phenoxy) is 2. The highest BCUT2D eigenvalue weighted by Crippen LogP contribution is 2.49. The molecule has 1 aromatic heterocycles. The zero-order valence-corrected chi connectivity index (χ0v) is 31.3. The Bertz CT molecular complexity index is 2150. The number of halogens is 2. The molecule has 1 atom stereocenters. The number of oxazole rings is 1. The van der Waals surface area contributed by atoms with Gasteiger partial charge in [0.2, 0.25) is 6.41 Å². The van der Waals surface area contributed by atoms with Crippen molar-refractivity contribution in [1.29, 1.82) is 0 Å². The Labute approximate surface area is 322 Å². The number of fused-ring (bicyclic) bond motifs is 3. The lowest BCUT2D eigenvalue weighted by molar-refractivity contribution is -0.156. The van der Waals surface area contributed by atoms with Gasteiger partial charge in [-0.25, -0.2) is 4.79 Å². The third-order valence-electron chi connectivity index (χ3n) is 10.9. The molecule has 7 rings (SSSR count). The monoisotopic (exact) mass is 774 g/mol. The zero-order chi connectivity index (χ0) is 37.8. The van der Waals surface area contributed by atoms with E-state index in [1.54, 1.807) is 10.6 Å². The number of aryl methyl sites for hydroxylation is 1. The van der Waals surface area contributed by atoms with Gasteiger partial charge in [0.15, 0.2) is 5.58 Å². The summed E-state index contributed by atoms with van der Waals surface area (Å²) in [7, 11) is 2.11. The number of rotatable bonds is 14. The van der Waals surface area contributed by atoms with Gasteiger partial charge in [0.1, 0.15) is 28.8 Å². The van der Waals surface area contributed by atoms with E-state index in [2.05, 4.69) is 22.6 Å². The minimum absolute atomic E-state index is 0. The molecule has 0 saturated heterocycles. The van der Waals surface area contributed by atoms with Crippen LogP contribution >= 0.6 is 0 Å². The largest absolute Gasteiger partial charge is 0.506 e. The standard InChI is InChI=1S/C42H46N4O8.2FH/c1-42(31-8-3-5-10-37(31)53-38-11-6-4-9-32(38)42)40(50)52-30-16-14-29(15-17-30)45(2)20-7-21-46-34-18-12-27(22-39(34)54-41(46)51)24-43-25-36(49)28-13-19-35(48)33(23-28)44-26-47;;/h3-6,8-13,18-19,22-23,26,29-30,36,43,48-49H,7,14-17,20-21,24-25H2,1-2H3,(H,44,47);2*1H/t29?,30?,36-;;/m1../s1. The summed E-state index contributed by atoms with van der Waals surface area (Å²) < 4.78 is 19.6. The van der Waals surface area contributed by atoms with Crippen LogP contribution in [0.1, 0.15) is 67.4 Å². The number of phenols is 1. The fourth-order valence-electron chi connectivity index (χ4n) is 7.80. The molecule has 2 heterocycles. The van der Waals surface area contributed by atoms with Crippen molar-refractivity contribution in [2.24, 2.45) is 0 Å². The molecule has 1 saturated carbocycles. The maximum absolute atomic E-state index is 13.9. The van der Waals surface area contributed by atoms with Gasteiger partial charge in [0.25, 0.3) is 0 Å². The quantitative estimate of drug-likeness (QED) is 0.0576. The predicted octanol–water partition coefficient (Wildman–Crippen LogP) is 6.28. The molecule has 4 N–H and O–H groups in total. The lowest BCUT2D eigenvalue weighted by Crippen LogP contribution is -2.42. The highest BCUT2D eigenvalue weighted by molar-refractivity contribution is 5.90. The number of phenolic OH excluding ortho intramolecular Hbond substituents is 1. The van der Waals surface area contributed by atoms with E-state index in [0.29, 0.717) is 48.2 Å². The number of aromatic hydroxyl groups is 1. The van der Waals surface area contributed by atoms with Gasteiger partial charge in [-0.3, -0.25) is 23.6 Å². The lowest BCUT2D eigenvalue weighted by Gasteiger charge is -2.38. The van der Waals surface area contributed by atoms with Crippen molar-refractivity contribution >= 4 is 29.2 Å². The molecule has 0 spiro atoms. The number of para-hydroxylation sites is 2. The van der Waals surface area contributed by atoms with Gasteiger partial charge < -0.3 is 39.6 Å². The number of aromatic nitrogens is 1. The molecule has 14 heteroatoms. The smallest absolute Gasteiger partial charge is 0.419 e. The second-order valence-electron chi connectivity index (χ2n) is 14.4. The average molecular weight is 775 g/mol. The van der Waals surface area contributed by atoms with Crippen molar-refractivity contribution in [2.45, 2.75) is 75.8 Å². The maximum atomic E-state index is 13.9. The fourth-order valence-corrected chi connectivity index (χ4v) is 7.80. The molecule has 298 valence electrons. The third kappa shape index (κ3) is 8.47. The lowest BCUT2D eigenvalue weighted by atomic mass is 9.74. The van der Waals surface area contributed by atoms with Gasteiger partial charge in [0, 0.05) is 36.8 Å². The van der Waals surface area contributed by atoms with E-state index < -0.39 is 17.3 Å². The molecular weight excluding hydrogens is 726 g/mol. The molecule has 56 heavy (non-hydrogen) atoms. The number of aliphatic hydroxyl groups is 1. The summed E-state index contributed by atoms with van der Waals surface area (Å²) in [6.07, 6.45) is 3.61. The molecule has 1 fully saturated rings. The Hall–Kier alpha value is -5.57. The van der Waals surface area contributed by atoms with Crippen LogP contribution < -0.4 is 21.1 Å². The van der Waals surface area contributed by atoms with Crippen molar-refractivity contribution in [3.8, 4) is 17.2 Å². The molecule has 0 radical (unpaired) electrons. The van der Waals surface area contributed by atoms with Gasteiger partial charge in [-0.2, -0.15) is 0 Å². The maximum Gasteiger partial charge on any atom is 0.419 e. The highest BCUT2D eigenvalue weighted by Gasteiger charge is 2.46. The molecular formula is C42H48F2N4O8. The van der Waals surface area contributed by atoms with E-state index in [9.17, 15) is 24.6 Å². The van der Waals surface area contributed by atoms with Crippen molar-refractivity contribution in [2.75, 3.05) is 25.5 Å². The van der Waals surface area contributed by atoms with Gasteiger partial charge in [-0.05, 0) is 100 Å². The second-order valence-corrected chi connectivity index (χ2v) is 14.4. The van der Waals surface area contributed by atoms with Gasteiger partial charge >= 0.3 is 11.7 Å². The predicted molar refractivity (Wildman–Crippen MR) is 209 cm³/mol. The van der Waals surface area contributed by atoms with E-state index in [0.717, 1.165) is 60.9 Å². The first-order valence-corrected chi connectivity index (χ1v) is 18.5. The highest BCUT2D eigenvalue weighted by atomic mass is 19.0. The van der Waals surface area contributed by atoms with Crippen LogP contribution in [0.5, 0.6) is 17.2 Å². The van der Waals surface area contributed by atoms with E-state index in [-0.39, 0.29) is 39.5 Å². The van der Waals surface area contributed by atoms with Crippen LogP contribution in [-0.2, 0) is 32.8 Å². The summed E-state index contributed by atoms with van der Waals surface area (Å²) in [5.41, 5.74) is 3.56. The summed E-state index contributed by atoms with van der Waals surface area (Å²) in [5.74, 6) is 0.619. The Morgan fingerprint density at radius 3 is 2.36 bits per heavy atom. The van der Waals surface area contributed by atoms with Gasteiger partial charge in [0.05, 0.1) is 17.3 Å². The van der Waals surface area contributed by atoms with Crippen LogP contribution in [0.2, 0.25) is 0 Å². The molecule has 1 aliphatic heterocycles. The van der Waals surface area contributed by atoms with Crippen LogP contribution in [-0.4, -0.2) is 64.3 Å². The van der Waals surface area contributed by atoms with Crippen LogP contribution in [0.4, 0.5) is 15.1 Å². The molecule has 4 aromatic carbocycles. The molecule has 5 aromatic rings. The van der Waals surface area contributed by atoms with Crippen LogP contribution in [0.25, 0.3) is 11.1 Å². The number of nitrogens with zero attached hydrogens (tertiary/aromatic N) is 2. The first kappa shape index (κ1) is 41.6. The summed E-state index contributed by atoms with van der Waals surface area (Å²) in [6, 6.07) is 25.9. The minimum Gasteiger partial charge on any atom is -0.506 e. The number of hydrogen-bond donors (Lipinski definition) is 4. The Morgan fingerprint density at radius 2 is 1.68 bits per heavy atom. The fraction of sp³-hybridized carbons (Fsp3) is 0.357. The number of esters is 1. The number of nitrogens with one attached hydrogen (secondary N) is 2. The average Bonchev–Trinajstić information content (AvgIpc) is 3.49. The molecule has 1 amide bonds. The number of carbonyl (C=O) groups is 2. The molecule has 2 aliphatic rings. The molecule has 1 aliphatic carbocycles. The Kier molecular flexibility index (Phi) is 13.3. The number of benzene rings is 4. The van der Waals surface area contributed by atoms with Crippen LogP contribution in [0.3, 0.4) is 0 Å². The number of hydrogen-bond acceptors (Lipinski definition) is 10. The van der Waals surface area contributed by atoms with E-state index in [1.807, 2.05) is 73.7 Å². The first-order chi connectivity index (χ1) is 26.1.